The largest absolute Gasteiger partial charge is 0.494 e. The standard InChI is InChI=1S/C17H14F3N3O3S/c18-17(19,20)11-3-1-4-12(9-11)27(25,26)22-7-8-23-14(10-22)15-13(16(23)24)5-2-6-21-15/h1-6,9,24H,7-8,10H2. The molecule has 0 fully saturated rings. The van der Waals surface area contributed by atoms with Crippen molar-refractivity contribution in [2.45, 2.75) is 24.2 Å². The highest BCUT2D eigenvalue weighted by atomic mass is 32.2. The Morgan fingerprint density at radius 3 is 2.63 bits per heavy atom. The lowest BCUT2D eigenvalue weighted by Crippen LogP contribution is -2.38. The molecule has 10 heteroatoms. The van der Waals surface area contributed by atoms with E-state index in [9.17, 15) is 26.7 Å². The molecule has 4 rings (SSSR count). The maximum Gasteiger partial charge on any atom is 0.416 e. The van der Waals surface area contributed by atoms with E-state index in [1.54, 1.807) is 16.7 Å². The van der Waals surface area contributed by atoms with Crippen molar-refractivity contribution in [1.82, 2.24) is 13.9 Å². The van der Waals surface area contributed by atoms with Crippen molar-refractivity contribution in [1.29, 1.82) is 0 Å². The Labute approximate surface area is 152 Å². The van der Waals surface area contributed by atoms with Crippen molar-refractivity contribution in [2.24, 2.45) is 0 Å². The van der Waals surface area contributed by atoms with Gasteiger partial charge >= 0.3 is 6.18 Å². The number of fused-ring (bicyclic) bond motifs is 3. The van der Waals surface area contributed by atoms with Gasteiger partial charge in [-0.15, -0.1) is 0 Å². The third kappa shape index (κ3) is 2.85. The highest BCUT2D eigenvalue weighted by molar-refractivity contribution is 7.89. The number of sulfonamides is 1. The first kappa shape index (κ1) is 17.8. The molecule has 0 spiro atoms. The molecule has 0 amide bonds. The number of halogens is 3. The average molecular weight is 397 g/mol. The number of hydrogen-bond donors (Lipinski definition) is 1. The van der Waals surface area contributed by atoms with Gasteiger partial charge in [0.05, 0.1) is 33.6 Å². The van der Waals surface area contributed by atoms with Crippen LogP contribution in [0.1, 0.15) is 11.3 Å². The van der Waals surface area contributed by atoms with E-state index >= 15 is 0 Å². The number of alkyl halides is 3. The van der Waals surface area contributed by atoms with E-state index in [4.69, 9.17) is 0 Å². The summed E-state index contributed by atoms with van der Waals surface area (Å²) in [7, 11) is -4.14. The van der Waals surface area contributed by atoms with Crippen LogP contribution in [-0.2, 0) is 29.3 Å². The van der Waals surface area contributed by atoms with E-state index in [0.717, 1.165) is 22.5 Å². The second-order valence-corrected chi connectivity index (χ2v) is 8.12. The number of aromatic nitrogens is 2. The van der Waals surface area contributed by atoms with Crippen molar-refractivity contribution >= 4 is 20.9 Å². The normalized spacial score (nSPS) is 15.8. The predicted molar refractivity (Wildman–Crippen MR) is 90.4 cm³/mol. The van der Waals surface area contributed by atoms with Crippen molar-refractivity contribution in [3.8, 4) is 5.88 Å². The summed E-state index contributed by atoms with van der Waals surface area (Å²) in [5.74, 6) is 0.00390. The monoisotopic (exact) mass is 397 g/mol. The highest BCUT2D eigenvalue weighted by Crippen LogP contribution is 2.35. The molecule has 0 saturated heterocycles. The van der Waals surface area contributed by atoms with Crippen LogP contribution in [0.3, 0.4) is 0 Å². The van der Waals surface area contributed by atoms with Gasteiger partial charge in [0.15, 0.2) is 0 Å². The number of rotatable bonds is 2. The molecule has 1 aliphatic heterocycles. The van der Waals surface area contributed by atoms with E-state index in [2.05, 4.69) is 4.98 Å². The van der Waals surface area contributed by atoms with Crippen LogP contribution in [0.15, 0.2) is 47.5 Å². The first-order chi connectivity index (χ1) is 12.7. The van der Waals surface area contributed by atoms with Gasteiger partial charge in [-0.1, -0.05) is 6.07 Å². The number of pyridine rings is 1. The van der Waals surface area contributed by atoms with Gasteiger partial charge in [-0.2, -0.15) is 17.5 Å². The van der Waals surface area contributed by atoms with Crippen LogP contribution < -0.4 is 0 Å². The minimum atomic E-state index is -4.63. The fourth-order valence-electron chi connectivity index (χ4n) is 3.26. The Hall–Kier alpha value is -2.59. The van der Waals surface area contributed by atoms with Crippen LogP contribution >= 0.6 is 0 Å². The first-order valence-corrected chi connectivity index (χ1v) is 9.46. The third-order valence-corrected chi connectivity index (χ3v) is 6.44. The minimum absolute atomic E-state index is 0.00390. The van der Waals surface area contributed by atoms with E-state index < -0.39 is 26.7 Å². The number of aromatic hydroxyl groups is 1. The van der Waals surface area contributed by atoms with Gasteiger partial charge in [-0.25, -0.2) is 8.42 Å². The third-order valence-electron chi connectivity index (χ3n) is 4.60. The van der Waals surface area contributed by atoms with Crippen LogP contribution in [0.25, 0.3) is 10.9 Å². The van der Waals surface area contributed by atoms with Gasteiger partial charge in [-0.3, -0.25) is 4.98 Å². The Morgan fingerprint density at radius 2 is 1.89 bits per heavy atom. The van der Waals surface area contributed by atoms with Gasteiger partial charge in [0.1, 0.15) is 0 Å². The minimum Gasteiger partial charge on any atom is -0.494 e. The molecule has 0 bridgehead atoms. The summed E-state index contributed by atoms with van der Waals surface area (Å²) in [6, 6.07) is 7.02. The molecule has 6 nitrogen and oxygen atoms in total. The van der Waals surface area contributed by atoms with Crippen LogP contribution in [0.4, 0.5) is 13.2 Å². The van der Waals surface area contributed by atoms with Crippen LogP contribution in [0.5, 0.6) is 5.88 Å². The topological polar surface area (TPSA) is 75.4 Å². The lowest BCUT2D eigenvalue weighted by Gasteiger charge is -2.28. The zero-order chi connectivity index (χ0) is 19.4. The van der Waals surface area contributed by atoms with E-state index in [-0.39, 0.29) is 25.5 Å². The maximum atomic E-state index is 12.9. The first-order valence-electron chi connectivity index (χ1n) is 8.02. The van der Waals surface area contributed by atoms with Crippen molar-refractivity contribution in [3.05, 3.63) is 53.9 Å². The summed E-state index contributed by atoms with van der Waals surface area (Å²) in [4.78, 5) is 3.78. The Kier molecular flexibility index (Phi) is 3.93. The zero-order valence-electron chi connectivity index (χ0n) is 13.8. The van der Waals surface area contributed by atoms with Crippen LogP contribution in [-0.4, -0.2) is 33.9 Å². The average Bonchev–Trinajstić information content (AvgIpc) is 2.94. The van der Waals surface area contributed by atoms with Crippen molar-refractivity contribution in [2.75, 3.05) is 6.54 Å². The van der Waals surface area contributed by atoms with E-state index in [0.29, 0.717) is 22.7 Å². The van der Waals surface area contributed by atoms with Gasteiger partial charge in [0.25, 0.3) is 0 Å². The summed E-state index contributed by atoms with van der Waals surface area (Å²) >= 11 is 0. The molecule has 0 atom stereocenters. The summed E-state index contributed by atoms with van der Waals surface area (Å²) < 4.78 is 67.2. The quantitative estimate of drug-likeness (QED) is 0.722. The molecule has 27 heavy (non-hydrogen) atoms. The summed E-state index contributed by atoms with van der Waals surface area (Å²) in [6.07, 6.45) is -3.10. The molecule has 1 aliphatic rings. The molecule has 1 N–H and O–H groups in total. The lowest BCUT2D eigenvalue weighted by atomic mass is 10.2. The summed E-state index contributed by atoms with van der Waals surface area (Å²) in [5, 5.41) is 10.8. The highest BCUT2D eigenvalue weighted by Gasteiger charge is 2.35. The fourth-order valence-corrected chi connectivity index (χ4v) is 4.70. The molecule has 3 aromatic rings. The van der Waals surface area contributed by atoms with Crippen LogP contribution in [0, 0.1) is 0 Å². The second-order valence-electron chi connectivity index (χ2n) is 6.19. The van der Waals surface area contributed by atoms with E-state index in [1.807, 2.05) is 0 Å². The predicted octanol–water partition coefficient (Wildman–Crippen LogP) is 2.97. The molecule has 0 radical (unpaired) electrons. The molecule has 142 valence electrons. The van der Waals surface area contributed by atoms with Crippen molar-refractivity contribution < 1.29 is 26.7 Å². The SMILES string of the molecule is O=S(=O)(c1cccc(C(F)(F)F)c1)N1CCn2c(O)c3cccnc3c2C1. The summed E-state index contributed by atoms with van der Waals surface area (Å²) in [6.45, 7) is 0.114. The molecule has 0 unspecified atom stereocenters. The molecular weight excluding hydrogens is 383 g/mol. The number of nitrogens with zero attached hydrogens (tertiary/aromatic N) is 3. The molecule has 2 aromatic heterocycles. The molecule has 0 aliphatic carbocycles. The lowest BCUT2D eigenvalue weighted by molar-refractivity contribution is -0.137. The van der Waals surface area contributed by atoms with Gasteiger partial charge in [0, 0.05) is 19.3 Å². The molecule has 0 saturated carbocycles. The fraction of sp³-hybridized carbons (Fsp3) is 0.235. The van der Waals surface area contributed by atoms with E-state index in [1.165, 1.54) is 6.20 Å². The number of hydrogen-bond acceptors (Lipinski definition) is 4. The molecule has 3 heterocycles. The number of benzene rings is 1. The smallest absolute Gasteiger partial charge is 0.416 e. The Bertz CT molecular complexity index is 1140. The zero-order valence-corrected chi connectivity index (χ0v) is 14.6. The Balaban J connectivity index is 1.74. The van der Waals surface area contributed by atoms with Crippen LogP contribution in [0.2, 0.25) is 0 Å². The van der Waals surface area contributed by atoms with Gasteiger partial charge < -0.3 is 9.67 Å². The summed E-state index contributed by atoms with van der Waals surface area (Å²) in [5.41, 5.74) is -0.0439. The second kappa shape index (κ2) is 5.96. The van der Waals surface area contributed by atoms with Gasteiger partial charge in [-0.05, 0) is 30.3 Å². The van der Waals surface area contributed by atoms with Crippen molar-refractivity contribution in [3.63, 3.8) is 0 Å². The molecule has 1 aromatic carbocycles. The Morgan fingerprint density at radius 1 is 1.11 bits per heavy atom. The van der Waals surface area contributed by atoms with Gasteiger partial charge in [0.2, 0.25) is 15.9 Å². The maximum absolute atomic E-state index is 12.9. The molecular formula is C17H14F3N3O3S.